The molecule has 98 valence electrons. The summed E-state index contributed by atoms with van der Waals surface area (Å²) in [6.07, 6.45) is 3.55. The molecule has 1 saturated heterocycles. The Morgan fingerprint density at radius 1 is 1.29 bits per heavy atom. The summed E-state index contributed by atoms with van der Waals surface area (Å²) in [4.78, 5) is 20.1. The number of carbonyl (C=O) groups excluding carboxylic acids is 1. The van der Waals surface area contributed by atoms with Crippen molar-refractivity contribution in [1.29, 1.82) is 0 Å². The number of hydrogen-bond donors (Lipinski definition) is 1. The number of amides is 1. The van der Waals surface area contributed by atoms with Gasteiger partial charge in [-0.3, -0.25) is 9.79 Å². The van der Waals surface area contributed by atoms with E-state index in [-0.39, 0.29) is 29.9 Å². The average Bonchev–Trinajstić information content (AvgIpc) is 2.73. The van der Waals surface area contributed by atoms with Gasteiger partial charge in [-0.15, -0.1) is 24.0 Å². The third-order valence-corrected chi connectivity index (χ3v) is 3.17. The highest BCUT2D eigenvalue weighted by molar-refractivity contribution is 14.0. The number of aliphatic imine (C=N–C) groups is 1. The molecule has 0 aromatic heterocycles. The van der Waals surface area contributed by atoms with E-state index in [0.29, 0.717) is 6.54 Å². The van der Waals surface area contributed by atoms with Gasteiger partial charge in [-0.1, -0.05) is 0 Å². The van der Waals surface area contributed by atoms with E-state index in [1.54, 1.807) is 0 Å². The van der Waals surface area contributed by atoms with Crippen LogP contribution in [0.15, 0.2) is 4.99 Å². The van der Waals surface area contributed by atoms with Gasteiger partial charge in [-0.2, -0.15) is 0 Å². The summed E-state index contributed by atoms with van der Waals surface area (Å²) < 4.78 is 0. The van der Waals surface area contributed by atoms with E-state index in [0.717, 1.165) is 45.0 Å². The summed E-state index contributed by atoms with van der Waals surface area (Å²) in [5.74, 6) is 1.05. The highest BCUT2D eigenvalue weighted by Crippen LogP contribution is 2.08. The van der Waals surface area contributed by atoms with Gasteiger partial charge in [0.25, 0.3) is 0 Å². The fourth-order valence-corrected chi connectivity index (χ4v) is 2.13. The molecular formula is C11H21IN4O. The molecule has 0 unspecified atom stereocenters. The Hall–Kier alpha value is -0.530. The molecule has 0 atom stereocenters. The molecule has 0 saturated carbocycles. The first-order valence-corrected chi connectivity index (χ1v) is 6.04. The van der Waals surface area contributed by atoms with Crippen LogP contribution in [0.3, 0.4) is 0 Å². The van der Waals surface area contributed by atoms with Gasteiger partial charge >= 0.3 is 0 Å². The maximum absolute atomic E-state index is 11.9. The zero-order valence-corrected chi connectivity index (χ0v) is 12.6. The molecule has 1 N–H and O–H groups in total. The van der Waals surface area contributed by atoms with E-state index >= 15 is 0 Å². The summed E-state index contributed by atoms with van der Waals surface area (Å²) >= 11 is 0. The standard InChI is InChI=1S/C11H20N4O.HI/c1-14-8-5-12-11(14)13-9-10(16)15-6-3-2-4-7-15;/h2-9H2,1H3,(H,12,13);1H. The second-order valence-electron chi connectivity index (χ2n) is 4.42. The molecule has 1 amide bonds. The van der Waals surface area contributed by atoms with Crippen LogP contribution in [0.4, 0.5) is 0 Å². The Morgan fingerprint density at radius 3 is 2.59 bits per heavy atom. The van der Waals surface area contributed by atoms with Crippen LogP contribution in [0.2, 0.25) is 0 Å². The summed E-state index contributed by atoms with van der Waals surface area (Å²) in [7, 11) is 1.99. The Morgan fingerprint density at radius 2 is 2.00 bits per heavy atom. The Bertz CT molecular complexity index is 289. The van der Waals surface area contributed by atoms with Crippen molar-refractivity contribution in [3.8, 4) is 0 Å². The van der Waals surface area contributed by atoms with Crippen molar-refractivity contribution in [3.05, 3.63) is 0 Å². The fourth-order valence-electron chi connectivity index (χ4n) is 2.13. The lowest BCUT2D eigenvalue weighted by Crippen LogP contribution is -2.45. The zero-order valence-electron chi connectivity index (χ0n) is 10.3. The summed E-state index contributed by atoms with van der Waals surface area (Å²) in [5, 5.41) is 3.11. The molecule has 2 aliphatic rings. The number of guanidine groups is 1. The minimum absolute atomic E-state index is 0. The maximum atomic E-state index is 11.9. The Balaban J connectivity index is 0.00000144. The second-order valence-corrected chi connectivity index (χ2v) is 4.42. The summed E-state index contributed by atoms with van der Waals surface area (Å²) in [6.45, 7) is 3.99. The number of nitrogens with one attached hydrogen (secondary N) is 1. The number of likely N-dealkylation sites (tertiary alicyclic amines) is 1. The smallest absolute Gasteiger partial charge is 0.241 e. The average molecular weight is 352 g/mol. The van der Waals surface area contributed by atoms with Crippen LogP contribution < -0.4 is 5.32 Å². The van der Waals surface area contributed by atoms with Crippen LogP contribution in [0.25, 0.3) is 0 Å². The molecular weight excluding hydrogens is 331 g/mol. The molecule has 0 aromatic rings. The first-order chi connectivity index (χ1) is 7.77. The predicted molar refractivity (Wildman–Crippen MR) is 78.8 cm³/mol. The van der Waals surface area contributed by atoms with Gasteiger partial charge in [0, 0.05) is 26.7 Å². The van der Waals surface area contributed by atoms with Crippen molar-refractivity contribution < 1.29 is 4.79 Å². The number of rotatable bonds is 2. The van der Waals surface area contributed by atoms with Gasteiger partial charge in [-0.25, -0.2) is 0 Å². The largest absolute Gasteiger partial charge is 0.347 e. The number of likely N-dealkylation sites (N-methyl/N-ethyl adjacent to an activating group) is 1. The molecule has 17 heavy (non-hydrogen) atoms. The van der Waals surface area contributed by atoms with Gasteiger partial charge in [-0.05, 0) is 19.3 Å². The second kappa shape index (κ2) is 7.03. The quantitative estimate of drug-likeness (QED) is 0.737. The number of piperidine rings is 1. The van der Waals surface area contributed by atoms with Crippen molar-refractivity contribution in [2.45, 2.75) is 19.3 Å². The third-order valence-electron chi connectivity index (χ3n) is 3.17. The van der Waals surface area contributed by atoms with Gasteiger partial charge in [0.05, 0.1) is 13.1 Å². The lowest BCUT2D eigenvalue weighted by molar-refractivity contribution is -0.130. The Kier molecular flexibility index (Phi) is 6.01. The van der Waals surface area contributed by atoms with Gasteiger partial charge in [0.1, 0.15) is 0 Å². The number of hydrogen-bond acceptors (Lipinski definition) is 4. The van der Waals surface area contributed by atoms with Gasteiger partial charge < -0.3 is 15.1 Å². The van der Waals surface area contributed by atoms with Crippen LogP contribution in [0, 0.1) is 0 Å². The first-order valence-electron chi connectivity index (χ1n) is 6.04. The molecule has 6 heteroatoms. The molecule has 0 bridgehead atoms. The number of nitrogens with zero attached hydrogens (tertiary/aromatic N) is 3. The maximum Gasteiger partial charge on any atom is 0.241 e. The number of carbonyl (C=O) groups is 1. The molecule has 2 aliphatic heterocycles. The van der Waals surface area contributed by atoms with E-state index in [1.807, 2.05) is 16.8 Å². The van der Waals surface area contributed by atoms with E-state index in [4.69, 9.17) is 0 Å². The SMILES string of the molecule is CN1CCN=C1NCC(=O)N1CCCCC1.I. The molecule has 2 rings (SSSR count). The molecule has 2 heterocycles. The number of halogens is 1. The monoisotopic (exact) mass is 352 g/mol. The van der Waals surface area contributed by atoms with Crippen molar-refractivity contribution in [2.75, 3.05) is 39.8 Å². The molecule has 0 aliphatic carbocycles. The lowest BCUT2D eigenvalue weighted by atomic mass is 10.1. The van der Waals surface area contributed by atoms with Crippen LogP contribution in [-0.2, 0) is 4.79 Å². The van der Waals surface area contributed by atoms with Crippen molar-refractivity contribution >= 4 is 35.8 Å². The fraction of sp³-hybridized carbons (Fsp3) is 0.818. The van der Waals surface area contributed by atoms with Gasteiger partial charge in [0.2, 0.25) is 5.91 Å². The van der Waals surface area contributed by atoms with E-state index in [1.165, 1.54) is 6.42 Å². The summed E-state index contributed by atoms with van der Waals surface area (Å²) in [6, 6.07) is 0. The highest BCUT2D eigenvalue weighted by atomic mass is 127. The third kappa shape index (κ3) is 4.01. The molecule has 0 aromatic carbocycles. The zero-order chi connectivity index (χ0) is 11.4. The first kappa shape index (κ1) is 14.5. The normalized spacial score (nSPS) is 19.7. The van der Waals surface area contributed by atoms with Crippen LogP contribution in [-0.4, -0.2) is 61.4 Å². The topological polar surface area (TPSA) is 47.9 Å². The minimum Gasteiger partial charge on any atom is -0.347 e. The van der Waals surface area contributed by atoms with E-state index < -0.39 is 0 Å². The van der Waals surface area contributed by atoms with Crippen molar-refractivity contribution in [2.24, 2.45) is 4.99 Å². The molecule has 5 nitrogen and oxygen atoms in total. The minimum atomic E-state index is 0. The lowest BCUT2D eigenvalue weighted by Gasteiger charge is -2.27. The van der Waals surface area contributed by atoms with Crippen molar-refractivity contribution in [3.63, 3.8) is 0 Å². The molecule has 0 spiro atoms. The van der Waals surface area contributed by atoms with Gasteiger partial charge in [0.15, 0.2) is 5.96 Å². The molecule has 1 fully saturated rings. The van der Waals surface area contributed by atoms with E-state index in [2.05, 4.69) is 10.3 Å². The van der Waals surface area contributed by atoms with Crippen LogP contribution >= 0.6 is 24.0 Å². The predicted octanol–water partition coefficient (Wildman–Crippen LogP) is 0.508. The van der Waals surface area contributed by atoms with Crippen molar-refractivity contribution in [1.82, 2.24) is 15.1 Å². The highest BCUT2D eigenvalue weighted by Gasteiger charge is 2.18. The Labute approximate surface area is 120 Å². The molecule has 0 radical (unpaired) electrons. The van der Waals surface area contributed by atoms with Crippen LogP contribution in [0.5, 0.6) is 0 Å². The van der Waals surface area contributed by atoms with E-state index in [9.17, 15) is 4.79 Å². The summed E-state index contributed by atoms with van der Waals surface area (Å²) in [5.41, 5.74) is 0. The van der Waals surface area contributed by atoms with Crippen LogP contribution in [0.1, 0.15) is 19.3 Å².